The standard InChI is InChI=1S/C23H20N4O4/c1-14-4-6-18(7-5-14)27-21(8-15(2)26-27)25-23(28)17(12-24)9-16-10-19(29-3)22-20(11-16)30-13-31-22/h4-11H,13H2,1-3H3,(H,25,28)/b17-9+. The summed E-state index contributed by atoms with van der Waals surface area (Å²) in [5.41, 5.74) is 3.16. The largest absolute Gasteiger partial charge is 0.493 e. The molecule has 0 atom stereocenters. The van der Waals surface area contributed by atoms with Crippen molar-refractivity contribution in [3.63, 3.8) is 0 Å². The van der Waals surface area contributed by atoms with Gasteiger partial charge in [-0.3, -0.25) is 4.79 Å². The molecule has 3 aromatic rings. The maximum Gasteiger partial charge on any atom is 0.267 e. The number of benzene rings is 2. The van der Waals surface area contributed by atoms with Gasteiger partial charge in [0.05, 0.1) is 18.5 Å². The smallest absolute Gasteiger partial charge is 0.267 e. The number of nitrogens with zero attached hydrogens (tertiary/aromatic N) is 3. The van der Waals surface area contributed by atoms with Crippen molar-refractivity contribution in [1.29, 1.82) is 5.26 Å². The van der Waals surface area contributed by atoms with Gasteiger partial charge in [-0.1, -0.05) is 17.7 Å². The zero-order valence-electron chi connectivity index (χ0n) is 17.3. The monoisotopic (exact) mass is 416 g/mol. The van der Waals surface area contributed by atoms with Crippen LogP contribution in [0.3, 0.4) is 0 Å². The molecule has 1 N–H and O–H groups in total. The summed E-state index contributed by atoms with van der Waals surface area (Å²) in [7, 11) is 1.51. The summed E-state index contributed by atoms with van der Waals surface area (Å²) in [5.74, 6) is 1.38. The molecular weight excluding hydrogens is 396 g/mol. The lowest BCUT2D eigenvalue weighted by Gasteiger charge is -2.09. The summed E-state index contributed by atoms with van der Waals surface area (Å²) >= 11 is 0. The highest BCUT2D eigenvalue weighted by Gasteiger charge is 2.21. The van der Waals surface area contributed by atoms with Crippen molar-refractivity contribution in [2.24, 2.45) is 0 Å². The lowest BCUT2D eigenvalue weighted by molar-refractivity contribution is -0.112. The summed E-state index contributed by atoms with van der Waals surface area (Å²) in [6.45, 7) is 3.92. The van der Waals surface area contributed by atoms with Gasteiger partial charge in [-0.2, -0.15) is 10.4 Å². The van der Waals surface area contributed by atoms with E-state index in [2.05, 4.69) is 10.4 Å². The highest BCUT2D eigenvalue weighted by Crippen LogP contribution is 2.42. The van der Waals surface area contributed by atoms with Crippen LogP contribution >= 0.6 is 0 Å². The van der Waals surface area contributed by atoms with Crippen molar-refractivity contribution in [2.45, 2.75) is 13.8 Å². The Morgan fingerprint density at radius 3 is 2.71 bits per heavy atom. The Bertz CT molecular complexity index is 1220. The van der Waals surface area contributed by atoms with E-state index in [0.29, 0.717) is 28.6 Å². The van der Waals surface area contributed by atoms with Crippen LogP contribution in [0.5, 0.6) is 17.2 Å². The molecule has 0 unspecified atom stereocenters. The summed E-state index contributed by atoms with van der Waals surface area (Å²) in [5, 5.41) is 16.8. The van der Waals surface area contributed by atoms with Crippen molar-refractivity contribution >= 4 is 17.8 Å². The molecule has 1 aliphatic rings. The van der Waals surface area contributed by atoms with Crippen LogP contribution in [0.2, 0.25) is 0 Å². The highest BCUT2D eigenvalue weighted by atomic mass is 16.7. The Morgan fingerprint density at radius 2 is 2.00 bits per heavy atom. The van der Waals surface area contributed by atoms with Crippen LogP contribution in [0, 0.1) is 25.2 Å². The fourth-order valence-corrected chi connectivity index (χ4v) is 3.20. The average molecular weight is 416 g/mol. The lowest BCUT2D eigenvalue weighted by atomic mass is 10.1. The molecule has 0 radical (unpaired) electrons. The van der Waals surface area contributed by atoms with E-state index in [-0.39, 0.29) is 12.4 Å². The number of aryl methyl sites for hydroxylation is 2. The van der Waals surface area contributed by atoms with Crippen molar-refractivity contribution in [3.8, 4) is 29.0 Å². The number of nitriles is 1. The third kappa shape index (κ3) is 4.07. The van der Waals surface area contributed by atoms with Gasteiger partial charge in [0.15, 0.2) is 11.5 Å². The molecule has 8 heteroatoms. The molecule has 0 bridgehead atoms. The average Bonchev–Trinajstić information content (AvgIpc) is 3.38. The van der Waals surface area contributed by atoms with Crippen LogP contribution in [0.15, 0.2) is 48.0 Å². The molecule has 156 valence electrons. The van der Waals surface area contributed by atoms with Gasteiger partial charge in [-0.25, -0.2) is 4.68 Å². The maximum atomic E-state index is 12.9. The number of anilines is 1. The summed E-state index contributed by atoms with van der Waals surface area (Å²) in [4.78, 5) is 12.9. The van der Waals surface area contributed by atoms with Crippen molar-refractivity contribution in [1.82, 2.24) is 9.78 Å². The number of aromatic nitrogens is 2. The first-order chi connectivity index (χ1) is 15.0. The maximum absolute atomic E-state index is 12.9. The molecule has 0 fully saturated rings. The number of nitrogens with one attached hydrogen (secondary N) is 1. The minimum atomic E-state index is -0.549. The first kappa shape index (κ1) is 20.0. The molecule has 1 amide bonds. The van der Waals surface area contributed by atoms with Crippen LogP contribution in [0.4, 0.5) is 5.82 Å². The third-order valence-corrected chi connectivity index (χ3v) is 4.71. The van der Waals surface area contributed by atoms with Gasteiger partial charge in [0, 0.05) is 6.07 Å². The Balaban J connectivity index is 1.63. The molecule has 2 aromatic carbocycles. The second-order valence-electron chi connectivity index (χ2n) is 7.00. The third-order valence-electron chi connectivity index (χ3n) is 4.71. The number of carbonyl (C=O) groups excluding carboxylic acids is 1. The van der Waals surface area contributed by atoms with E-state index in [1.54, 1.807) is 22.9 Å². The Hall–Kier alpha value is -4.25. The number of hydrogen-bond donors (Lipinski definition) is 1. The lowest BCUT2D eigenvalue weighted by Crippen LogP contribution is -2.16. The van der Waals surface area contributed by atoms with Gasteiger partial charge in [-0.05, 0) is 49.8 Å². The number of carbonyl (C=O) groups is 1. The van der Waals surface area contributed by atoms with Gasteiger partial charge in [0.1, 0.15) is 17.5 Å². The van der Waals surface area contributed by atoms with E-state index in [1.165, 1.54) is 13.2 Å². The molecule has 1 aliphatic heterocycles. The Kier molecular flexibility index (Phi) is 5.33. The van der Waals surface area contributed by atoms with Crippen LogP contribution < -0.4 is 19.5 Å². The van der Waals surface area contributed by atoms with Gasteiger partial charge in [0.2, 0.25) is 12.5 Å². The summed E-state index contributed by atoms with van der Waals surface area (Å²) in [6, 6.07) is 14.8. The van der Waals surface area contributed by atoms with Crippen LogP contribution in [0.1, 0.15) is 16.8 Å². The minimum absolute atomic E-state index is 0.0739. The van der Waals surface area contributed by atoms with E-state index in [0.717, 1.165) is 16.9 Å². The Morgan fingerprint density at radius 1 is 1.23 bits per heavy atom. The second kappa shape index (κ2) is 8.24. The van der Waals surface area contributed by atoms with Crippen molar-refractivity contribution in [2.75, 3.05) is 19.2 Å². The number of amides is 1. The number of rotatable bonds is 5. The molecule has 1 aromatic heterocycles. The van der Waals surface area contributed by atoms with Crippen LogP contribution in [-0.4, -0.2) is 29.6 Å². The van der Waals surface area contributed by atoms with Gasteiger partial charge in [0.25, 0.3) is 5.91 Å². The quantitative estimate of drug-likeness (QED) is 0.502. The topological polar surface area (TPSA) is 98.4 Å². The van der Waals surface area contributed by atoms with E-state index < -0.39 is 5.91 Å². The van der Waals surface area contributed by atoms with Crippen molar-refractivity contribution in [3.05, 3.63) is 64.9 Å². The molecule has 0 aliphatic carbocycles. The second-order valence-corrected chi connectivity index (χ2v) is 7.00. The number of fused-ring (bicyclic) bond motifs is 1. The highest BCUT2D eigenvalue weighted by molar-refractivity contribution is 6.09. The van der Waals surface area contributed by atoms with E-state index in [9.17, 15) is 10.1 Å². The number of hydrogen-bond acceptors (Lipinski definition) is 6. The zero-order chi connectivity index (χ0) is 22.0. The van der Waals surface area contributed by atoms with Crippen LogP contribution in [0.25, 0.3) is 11.8 Å². The predicted molar refractivity (Wildman–Crippen MR) is 114 cm³/mol. The van der Waals surface area contributed by atoms with Gasteiger partial charge in [-0.15, -0.1) is 0 Å². The predicted octanol–water partition coefficient (Wildman–Crippen LogP) is 3.77. The molecule has 0 saturated carbocycles. The van der Waals surface area contributed by atoms with E-state index in [4.69, 9.17) is 14.2 Å². The first-order valence-corrected chi connectivity index (χ1v) is 9.53. The number of methoxy groups -OCH3 is 1. The summed E-state index contributed by atoms with van der Waals surface area (Å²) < 4.78 is 17.7. The molecule has 0 saturated heterocycles. The molecular formula is C23H20N4O4. The zero-order valence-corrected chi connectivity index (χ0v) is 17.3. The minimum Gasteiger partial charge on any atom is -0.493 e. The fourth-order valence-electron chi connectivity index (χ4n) is 3.20. The normalized spacial score (nSPS) is 12.4. The first-order valence-electron chi connectivity index (χ1n) is 9.53. The SMILES string of the molecule is COc1cc(/C=C(\C#N)C(=O)Nc2cc(C)nn2-c2ccc(C)cc2)cc2c1OCO2. The molecule has 0 spiro atoms. The van der Waals surface area contributed by atoms with Crippen LogP contribution in [-0.2, 0) is 4.79 Å². The fraction of sp³-hybridized carbons (Fsp3) is 0.174. The number of ether oxygens (including phenoxy) is 3. The van der Waals surface area contributed by atoms with Gasteiger partial charge < -0.3 is 19.5 Å². The molecule has 4 rings (SSSR count). The van der Waals surface area contributed by atoms with Crippen molar-refractivity contribution < 1.29 is 19.0 Å². The summed E-state index contributed by atoms with van der Waals surface area (Å²) in [6.07, 6.45) is 1.47. The van der Waals surface area contributed by atoms with E-state index in [1.807, 2.05) is 44.2 Å². The van der Waals surface area contributed by atoms with E-state index >= 15 is 0 Å². The van der Waals surface area contributed by atoms with Gasteiger partial charge >= 0.3 is 0 Å². The molecule has 31 heavy (non-hydrogen) atoms. The molecule has 2 heterocycles. The Labute approximate surface area is 179 Å². The molecule has 8 nitrogen and oxygen atoms in total.